The molecule has 1 N–H and O–H groups in total. The van der Waals surface area contributed by atoms with Gasteiger partial charge in [0, 0.05) is 25.0 Å². The third-order valence-corrected chi connectivity index (χ3v) is 3.45. The fourth-order valence-electron chi connectivity index (χ4n) is 2.16. The van der Waals surface area contributed by atoms with Crippen molar-refractivity contribution in [1.82, 2.24) is 15.0 Å². The molecule has 88 valence electrons. The van der Waals surface area contributed by atoms with Gasteiger partial charge in [-0.3, -0.25) is 9.69 Å². The second kappa shape index (κ2) is 4.00. The van der Waals surface area contributed by atoms with E-state index in [0.29, 0.717) is 24.7 Å². The highest BCUT2D eigenvalue weighted by Gasteiger charge is 2.31. The predicted molar refractivity (Wildman–Crippen MR) is 65.1 cm³/mol. The van der Waals surface area contributed by atoms with Crippen molar-refractivity contribution in [2.75, 3.05) is 17.3 Å². The van der Waals surface area contributed by atoms with E-state index in [2.05, 4.69) is 15.0 Å². The molecule has 3 rings (SSSR count). The Balaban J connectivity index is 2.04. The lowest BCUT2D eigenvalue weighted by molar-refractivity contribution is -0.117. The summed E-state index contributed by atoms with van der Waals surface area (Å²) in [6, 6.07) is 1.88. The highest BCUT2D eigenvalue weighted by atomic mass is 35.5. The third kappa shape index (κ3) is 1.67. The van der Waals surface area contributed by atoms with Crippen molar-refractivity contribution in [3.8, 4) is 0 Å². The number of H-pyrrole nitrogens is 1. The number of halogens is 1. The quantitative estimate of drug-likeness (QED) is 0.823. The molecule has 6 heteroatoms. The molecule has 0 bridgehead atoms. The number of aromatic amines is 1. The van der Waals surface area contributed by atoms with E-state index >= 15 is 0 Å². The first-order valence-electron chi connectivity index (χ1n) is 5.44. The predicted octanol–water partition coefficient (Wildman–Crippen LogP) is 1.55. The van der Waals surface area contributed by atoms with E-state index in [-0.39, 0.29) is 11.8 Å². The lowest BCUT2D eigenvalue weighted by atomic mass is 10.1. The summed E-state index contributed by atoms with van der Waals surface area (Å²) in [7, 11) is 0. The summed E-state index contributed by atoms with van der Waals surface area (Å²) in [4.78, 5) is 24.9. The van der Waals surface area contributed by atoms with Crippen LogP contribution in [-0.2, 0) is 4.79 Å². The van der Waals surface area contributed by atoms with Gasteiger partial charge in [-0.1, -0.05) is 0 Å². The fourth-order valence-corrected chi connectivity index (χ4v) is 2.37. The molecule has 3 heterocycles. The van der Waals surface area contributed by atoms with E-state index in [4.69, 9.17) is 11.6 Å². The lowest BCUT2D eigenvalue weighted by Gasteiger charge is -2.15. The number of fused-ring (bicyclic) bond motifs is 1. The number of nitrogens with zero attached hydrogens (tertiary/aromatic N) is 3. The standard InChI is InChI=1S/C11H11ClN4O/c12-4-7-3-9(17)16(5-7)11-8-1-2-13-10(8)14-6-15-11/h1-2,6-7H,3-5H2,(H,13,14,15). The molecule has 1 aliphatic heterocycles. The molecule has 0 aliphatic carbocycles. The molecule has 1 amide bonds. The van der Waals surface area contributed by atoms with Crippen LogP contribution in [-0.4, -0.2) is 33.3 Å². The maximum absolute atomic E-state index is 11.9. The Morgan fingerprint density at radius 2 is 2.41 bits per heavy atom. The van der Waals surface area contributed by atoms with Crippen LogP contribution in [0.5, 0.6) is 0 Å². The van der Waals surface area contributed by atoms with Gasteiger partial charge < -0.3 is 4.98 Å². The first-order valence-corrected chi connectivity index (χ1v) is 5.97. The zero-order valence-corrected chi connectivity index (χ0v) is 9.81. The molecule has 1 unspecified atom stereocenters. The van der Waals surface area contributed by atoms with Gasteiger partial charge in [0.15, 0.2) is 0 Å². The maximum Gasteiger partial charge on any atom is 0.228 e. The number of nitrogens with one attached hydrogen (secondary N) is 1. The number of carbonyl (C=O) groups excluding carboxylic acids is 1. The van der Waals surface area contributed by atoms with Crippen LogP contribution in [0.15, 0.2) is 18.6 Å². The van der Waals surface area contributed by atoms with E-state index in [1.165, 1.54) is 6.33 Å². The minimum Gasteiger partial charge on any atom is -0.346 e. The van der Waals surface area contributed by atoms with E-state index in [1.807, 2.05) is 6.07 Å². The van der Waals surface area contributed by atoms with Crippen LogP contribution in [0.3, 0.4) is 0 Å². The number of alkyl halides is 1. The SMILES string of the molecule is O=C1CC(CCl)CN1c1ncnc2[nH]ccc12. The molecule has 0 radical (unpaired) electrons. The molecular weight excluding hydrogens is 240 g/mol. The van der Waals surface area contributed by atoms with Crippen molar-refractivity contribution in [2.24, 2.45) is 5.92 Å². The van der Waals surface area contributed by atoms with Crippen LogP contribution < -0.4 is 4.90 Å². The molecule has 5 nitrogen and oxygen atoms in total. The molecule has 17 heavy (non-hydrogen) atoms. The third-order valence-electron chi connectivity index (χ3n) is 3.01. The molecule has 1 fully saturated rings. The van der Waals surface area contributed by atoms with Crippen molar-refractivity contribution < 1.29 is 4.79 Å². The number of amides is 1. The monoisotopic (exact) mass is 250 g/mol. The highest BCUT2D eigenvalue weighted by molar-refractivity contribution is 6.18. The van der Waals surface area contributed by atoms with Crippen molar-refractivity contribution in [1.29, 1.82) is 0 Å². The van der Waals surface area contributed by atoms with Gasteiger partial charge in [0.25, 0.3) is 0 Å². The van der Waals surface area contributed by atoms with Gasteiger partial charge in [-0.25, -0.2) is 9.97 Å². The zero-order chi connectivity index (χ0) is 11.8. The van der Waals surface area contributed by atoms with E-state index in [1.54, 1.807) is 11.1 Å². The Morgan fingerprint density at radius 1 is 1.53 bits per heavy atom. The van der Waals surface area contributed by atoms with Gasteiger partial charge >= 0.3 is 0 Å². The summed E-state index contributed by atoms with van der Waals surface area (Å²) in [5.41, 5.74) is 0.747. The van der Waals surface area contributed by atoms with Gasteiger partial charge in [0.05, 0.1) is 5.39 Å². The molecule has 0 saturated carbocycles. The van der Waals surface area contributed by atoms with Gasteiger partial charge in [-0.2, -0.15) is 0 Å². The average molecular weight is 251 g/mol. The number of aromatic nitrogens is 3. The van der Waals surface area contributed by atoms with E-state index in [9.17, 15) is 4.79 Å². The average Bonchev–Trinajstić information content (AvgIpc) is 2.94. The summed E-state index contributed by atoms with van der Waals surface area (Å²) in [6.45, 7) is 0.639. The lowest BCUT2D eigenvalue weighted by Crippen LogP contribution is -2.25. The molecular formula is C11H11ClN4O. The molecule has 2 aromatic rings. The van der Waals surface area contributed by atoms with Gasteiger partial charge in [-0.15, -0.1) is 11.6 Å². The summed E-state index contributed by atoms with van der Waals surface area (Å²) < 4.78 is 0. The van der Waals surface area contributed by atoms with Gasteiger partial charge in [-0.05, 0) is 12.0 Å². The normalized spacial score (nSPS) is 20.4. The Hall–Kier alpha value is -1.62. The zero-order valence-electron chi connectivity index (χ0n) is 9.06. The topological polar surface area (TPSA) is 61.9 Å². The molecule has 0 aromatic carbocycles. The summed E-state index contributed by atoms with van der Waals surface area (Å²) in [5, 5.41) is 0.871. The van der Waals surface area contributed by atoms with Gasteiger partial charge in [0.1, 0.15) is 17.8 Å². The van der Waals surface area contributed by atoms with Crippen LogP contribution in [0.25, 0.3) is 11.0 Å². The van der Waals surface area contributed by atoms with Crippen LogP contribution in [0, 0.1) is 5.92 Å². The van der Waals surface area contributed by atoms with Crippen molar-refractivity contribution >= 4 is 34.4 Å². The maximum atomic E-state index is 11.9. The Kier molecular flexibility index (Phi) is 2.48. The smallest absolute Gasteiger partial charge is 0.228 e. The molecule has 2 aromatic heterocycles. The summed E-state index contributed by atoms with van der Waals surface area (Å²) in [5.74, 6) is 1.47. The van der Waals surface area contributed by atoms with Crippen LogP contribution in [0.4, 0.5) is 5.82 Å². The van der Waals surface area contributed by atoms with Crippen LogP contribution >= 0.6 is 11.6 Å². The minimum absolute atomic E-state index is 0.0804. The number of hydrogen-bond donors (Lipinski definition) is 1. The minimum atomic E-state index is 0.0804. The molecule has 1 atom stereocenters. The van der Waals surface area contributed by atoms with Crippen molar-refractivity contribution in [3.05, 3.63) is 18.6 Å². The van der Waals surface area contributed by atoms with Crippen molar-refractivity contribution in [3.63, 3.8) is 0 Å². The van der Waals surface area contributed by atoms with E-state index in [0.717, 1.165) is 11.0 Å². The Morgan fingerprint density at radius 3 is 3.18 bits per heavy atom. The number of anilines is 1. The summed E-state index contributed by atoms with van der Waals surface area (Å²) in [6.07, 6.45) is 3.76. The Labute approximate surface area is 103 Å². The largest absolute Gasteiger partial charge is 0.346 e. The molecule has 0 spiro atoms. The molecule has 1 saturated heterocycles. The first kappa shape index (κ1) is 10.5. The number of rotatable bonds is 2. The van der Waals surface area contributed by atoms with Crippen molar-refractivity contribution in [2.45, 2.75) is 6.42 Å². The van der Waals surface area contributed by atoms with Crippen LogP contribution in [0.1, 0.15) is 6.42 Å². The number of carbonyl (C=O) groups is 1. The number of hydrogen-bond acceptors (Lipinski definition) is 3. The van der Waals surface area contributed by atoms with E-state index < -0.39 is 0 Å². The molecule has 1 aliphatic rings. The van der Waals surface area contributed by atoms with Crippen LogP contribution in [0.2, 0.25) is 0 Å². The summed E-state index contributed by atoms with van der Waals surface area (Å²) >= 11 is 5.81. The fraction of sp³-hybridized carbons (Fsp3) is 0.364. The second-order valence-electron chi connectivity index (χ2n) is 4.17. The van der Waals surface area contributed by atoms with Gasteiger partial charge in [0.2, 0.25) is 5.91 Å². The highest BCUT2D eigenvalue weighted by Crippen LogP contribution is 2.28. The Bertz CT molecular complexity index is 567. The second-order valence-corrected chi connectivity index (χ2v) is 4.47. The first-order chi connectivity index (χ1) is 8.29.